The van der Waals surface area contributed by atoms with E-state index in [1.165, 1.54) is 0 Å². The number of benzene rings is 3. The van der Waals surface area contributed by atoms with Crippen LogP contribution in [0.3, 0.4) is 0 Å². The van der Waals surface area contributed by atoms with Crippen molar-refractivity contribution in [3.63, 3.8) is 0 Å². The van der Waals surface area contributed by atoms with Crippen LogP contribution in [0.15, 0.2) is 97.2 Å². The lowest BCUT2D eigenvalue weighted by Crippen LogP contribution is -2.43. The molecule has 1 aromatic heterocycles. The van der Waals surface area contributed by atoms with Crippen LogP contribution in [0.25, 0.3) is 11.1 Å². The molecule has 0 radical (unpaired) electrons. The van der Waals surface area contributed by atoms with Gasteiger partial charge in [-0.2, -0.15) is 0 Å². The number of likely N-dealkylation sites (N-methyl/N-ethyl adjacent to an activating group) is 1. The van der Waals surface area contributed by atoms with Crippen LogP contribution in [-0.4, -0.2) is 41.2 Å². The molecule has 1 aliphatic rings. The van der Waals surface area contributed by atoms with E-state index in [9.17, 15) is 5.11 Å². The van der Waals surface area contributed by atoms with Gasteiger partial charge < -0.3 is 25.2 Å². The molecule has 2 heterocycles. The summed E-state index contributed by atoms with van der Waals surface area (Å²) in [6.45, 7) is 4.39. The first kappa shape index (κ1) is 28.1. The molecule has 5 rings (SSSR count). The number of aromatic nitrogens is 1. The van der Waals surface area contributed by atoms with Crippen LogP contribution in [0, 0.1) is 5.92 Å². The van der Waals surface area contributed by atoms with E-state index in [-0.39, 0.29) is 24.7 Å². The smallest absolute Gasteiger partial charge is 0.184 e. The maximum Gasteiger partial charge on any atom is 0.184 e. The van der Waals surface area contributed by atoms with Gasteiger partial charge in [0, 0.05) is 49.4 Å². The summed E-state index contributed by atoms with van der Waals surface area (Å²) in [7, 11) is 2.14. The Hall–Kier alpha value is -3.39. The first-order chi connectivity index (χ1) is 19.5. The van der Waals surface area contributed by atoms with E-state index in [0.717, 1.165) is 58.6 Å². The van der Waals surface area contributed by atoms with Crippen LogP contribution < -0.4 is 5.73 Å². The van der Waals surface area contributed by atoms with Gasteiger partial charge in [0.15, 0.2) is 6.29 Å². The minimum absolute atomic E-state index is 0.0228. The number of rotatable bonds is 10. The van der Waals surface area contributed by atoms with Crippen molar-refractivity contribution in [1.29, 1.82) is 0 Å². The summed E-state index contributed by atoms with van der Waals surface area (Å²) in [6, 6.07) is 30.8. The second kappa shape index (κ2) is 13.3. The van der Waals surface area contributed by atoms with Crippen molar-refractivity contribution in [2.75, 3.05) is 20.1 Å². The molecule has 1 fully saturated rings. The molecule has 4 aromatic rings. The lowest BCUT2D eigenvalue weighted by atomic mass is 9.90. The number of ether oxygens (including phenoxy) is 2. The van der Waals surface area contributed by atoms with Crippen LogP contribution >= 0.6 is 0 Å². The highest BCUT2D eigenvalue weighted by atomic mass is 16.7. The van der Waals surface area contributed by atoms with E-state index in [1.54, 1.807) is 0 Å². The number of nitrogens with zero attached hydrogens (tertiary/aromatic N) is 2. The van der Waals surface area contributed by atoms with E-state index in [1.807, 2.05) is 42.6 Å². The quantitative estimate of drug-likeness (QED) is 0.272. The molecule has 208 valence electrons. The van der Waals surface area contributed by atoms with Gasteiger partial charge in [-0.15, -0.1) is 0 Å². The molecule has 6 nitrogen and oxygen atoms in total. The van der Waals surface area contributed by atoms with Crippen molar-refractivity contribution in [3.05, 3.63) is 125 Å². The third kappa shape index (κ3) is 6.84. The fraction of sp³-hybridized carbons (Fsp3) is 0.324. The summed E-state index contributed by atoms with van der Waals surface area (Å²) in [4.78, 5) is 6.79. The van der Waals surface area contributed by atoms with Crippen molar-refractivity contribution in [2.45, 2.75) is 45.0 Å². The zero-order valence-electron chi connectivity index (χ0n) is 23.3. The predicted octanol–water partition coefficient (Wildman–Crippen LogP) is 5.67. The van der Waals surface area contributed by atoms with Crippen molar-refractivity contribution in [2.24, 2.45) is 11.7 Å². The van der Waals surface area contributed by atoms with Gasteiger partial charge in [0.2, 0.25) is 0 Å². The summed E-state index contributed by atoms with van der Waals surface area (Å²) in [6.07, 6.45) is 2.03. The minimum atomic E-state index is -0.509. The number of aliphatic hydroxyl groups is 1. The summed E-state index contributed by atoms with van der Waals surface area (Å²) >= 11 is 0. The highest BCUT2D eigenvalue weighted by Gasteiger charge is 2.38. The molecule has 0 amide bonds. The van der Waals surface area contributed by atoms with Crippen LogP contribution in [0.1, 0.15) is 47.3 Å². The van der Waals surface area contributed by atoms with Crippen molar-refractivity contribution < 1.29 is 14.6 Å². The Morgan fingerprint density at radius 3 is 2.35 bits per heavy atom. The Labute approximate surface area is 237 Å². The lowest BCUT2D eigenvalue weighted by Gasteiger charge is -2.42. The topological polar surface area (TPSA) is 80.8 Å². The van der Waals surface area contributed by atoms with Gasteiger partial charge in [0.25, 0.3) is 0 Å². The van der Waals surface area contributed by atoms with Crippen LogP contribution in [0.2, 0.25) is 0 Å². The Bertz CT molecular complexity index is 1360. The third-order valence-corrected chi connectivity index (χ3v) is 7.75. The first-order valence-electron chi connectivity index (χ1n) is 14.0. The summed E-state index contributed by atoms with van der Waals surface area (Å²) < 4.78 is 13.4. The van der Waals surface area contributed by atoms with Gasteiger partial charge in [0.05, 0.1) is 18.8 Å². The molecule has 3 aromatic carbocycles. The molecule has 0 spiro atoms. The zero-order chi connectivity index (χ0) is 27.9. The number of hydrogen-bond acceptors (Lipinski definition) is 6. The van der Waals surface area contributed by atoms with Crippen LogP contribution in [0.5, 0.6) is 0 Å². The Morgan fingerprint density at radius 2 is 1.62 bits per heavy atom. The molecule has 0 bridgehead atoms. The summed E-state index contributed by atoms with van der Waals surface area (Å²) in [5, 5.41) is 9.54. The molecule has 0 aliphatic carbocycles. The number of nitrogens with two attached hydrogens (primary N) is 1. The van der Waals surface area contributed by atoms with E-state index >= 15 is 0 Å². The number of hydrogen-bond donors (Lipinski definition) is 2. The van der Waals surface area contributed by atoms with Gasteiger partial charge in [-0.25, -0.2) is 0 Å². The molecule has 6 heteroatoms. The predicted molar refractivity (Wildman–Crippen MR) is 158 cm³/mol. The van der Waals surface area contributed by atoms with Gasteiger partial charge in [-0.1, -0.05) is 73.7 Å². The molecule has 1 saturated heterocycles. The first-order valence-corrected chi connectivity index (χ1v) is 14.0. The van der Waals surface area contributed by atoms with Crippen molar-refractivity contribution >= 4 is 0 Å². The molecule has 4 atom stereocenters. The highest BCUT2D eigenvalue weighted by molar-refractivity contribution is 5.65. The molecular weight excluding hydrogens is 498 g/mol. The number of pyridine rings is 1. The normalized spacial score (nSPS) is 21.0. The lowest BCUT2D eigenvalue weighted by molar-refractivity contribution is -0.275. The van der Waals surface area contributed by atoms with E-state index < -0.39 is 6.29 Å². The van der Waals surface area contributed by atoms with Crippen molar-refractivity contribution in [3.8, 4) is 11.1 Å². The van der Waals surface area contributed by atoms with E-state index in [4.69, 9.17) is 15.2 Å². The Balaban J connectivity index is 1.39. The van der Waals surface area contributed by atoms with Crippen LogP contribution in [0.4, 0.5) is 0 Å². The highest BCUT2D eigenvalue weighted by Crippen LogP contribution is 2.42. The van der Waals surface area contributed by atoms with Gasteiger partial charge in [-0.3, -0.25) is 4.98 Å². The molecule has 3 N–H and O–H groups in total. The van der Waals surface area contributed by atoms with Crippen molar-refractivity contribution in [1.82, 2.24) is 9.88 Å². The van der Waals surface area contributed by atoms with Gasteiger partial charge in [0.1, 0.15) is 0 Å². The molecule has 0 saturated carbocycles. The Morgan fingerprint density at radius 1 is 0.850 bits per heavy atom. The number of aliphatic hydroxyl groups excluding tert-OH is 1. The molecule has 1 aliphatic heterocycles. The zero-order valence-corrected chi connectivity index (χ0v) is 23.3. The largest absolute Gasteiger partial charge is 0.392 e. The third-order valence-electron chi connectivity index (χ3n) is 7.75. The average Bonchev–Trinajstić information content (AvgIpc) is 3.01. The summed E-state index contributed by atoms with van der Waals surface area (Å²) in [5.41, 5.74) is 13.3. The second-order valence-electron chi connectivity index (χ2n) is 10.7. The fourth-order valence-corrected chi connectivity index (χ4v) is 5.32. The van der Waals surface area contributed by atoms with E-state index in [2.05, 4.69) is 78.5 Å². The molecular formula is C34H39N3O3. The Kier molecular flexibility index (Phi) is 9.37. The van der Waals surface area contributed by atoms with E-state index in [0.29, 0.717) is 6.54 Å². The maximum absolute atomic E-state index is 9.54. The van der Waals surface area contributed by atoms with Gasteiger partial charge in [-0.05, 0) is 59.1 Å². The second-order valence-corrected chi connectivity index (χ2v) is 10.7. The standard InChI is InChI=1S/C34H39N3O3/c1-24-32(22-37(2)18-16-31-11-3-4-17-36-31)39-34(40-33(24)27-14-12-25(23-38)13-15-27)30-10-6-9-29(20-30)28-8-5-7-26(19-28)21-35/h3-15,17,19-20,24,32-34,38H,16,18,21-23,35H2,1-2H3/t24-,32+,33+,34+/m1/s1. The maximum atomic E-state index is 9.54. The monoisotopic (exact) mass is 537 g/mol. The minimum Gasteiger partial charge on any atom is -0.392 e. The molecule has 0 unspecified atom stereocenters. The van der Waals surface area contributed by atoms with Gasteiger partial charge >= 0.3 is 0 Å². The summed E-state index contributed by atoms with van der Waals surface area (Å²) in [5.74, 6) is 0.123. The average molecular weight is 538 g/mol. The fourth-order valence-electron chi connectivity index (χ4n) is 5.32. The van der Waals surface area contributed by atoms with Crippen LogP contribution in [-0.2, 0) is 29.0 Å². The molecule has 40 heavy (non-hydrogen) atoms. The SMILES string of the molecule is C[C@@H]1[C@H](CN(C)CCc2ccccn2)O[C@H](c2cccc(-c3cccc(CN)c3)c2)O[C@@H]1c1ccc(CO)cc1.